The van der Waals surface area contributed by atoms with Crippen LogP contribution in [-0.2, 0) is 47.9 Å². The molecule has 1 saturated heterocycles. The second-order valence-corrected chi connectivity index (χ2v) is 19.7. The average Bonchev–Trinajstić information content (AvgIpc) is 3.03. The largest absolute Gasteiger partial charge is 0.467 e. The lowest BCUT2D eigenvalue weighted by molar-refractivity contribution is -0.266. The van der Waals surface area contributed by atoms with E-state index in [9.17, 15) is 0 Å². The summed E-state index contributed by atoms with van der Waals surface area (Å²) < 4.78 is 40.0. The molecule has 0 amide bonds. The lowest BCUT2D eigenvalue weighted by atomic mass is 10.00. The third-order valence-electron chi connectivity index (χ3n) is 9.11. The van der Waals surface area contributed by atoms with E-state index in [1.165, 1.54) is 0 Å². The molecule has 6 atom stereocenters. The van der Waals surface area contributed by atoms with Gasteiger partial charge in [0.1, 0.15) is 29.3 Å². The molecule has 0 aliphatic carbocycles. The number of benzene rings is 3. The monoisotopic (exact) mass is 662 g/mol. The summed E-state index contributed by atoms with van der Waals surface area (Å²) in [6.07, 6.45) is -1.76. The molecule has 0 saturated carbocycles. The summed E-state index contributed by atoms with van der Waals surface area (Å²) in [5.74, 6) is 0.840. The van der Waals surface area contributed by atoms with Crippen molar-refractivity contribution < 1.29 is 28.1 Å². The smallest absolute Gasteiger partial charge is 0.214 e. The molecular weight excluding hydrogens is 613 g/mol. The zero-order valence-corrected chi connectivity index (χ0v) is 30.1. The molecule has 3 aromatic rings. The van der Waals surface area contributed by atoms with E-state index in [1.54, 1.807) is 11.8 Å². The fourth-order valence-corrected chi connectivity index (χ4v) is 8.33. The predicted molar refractivity (Wildman–Crippen MR) is 188 cm³/mol. The highest BCUT2D eigenvalue weighted by atomic mass is 32.2. The van der Waals surface area contributed by atoms with Gasteiger partial charge in [0, 0.05) is 0 Å². The molecule has 0 bridgehead atoms. The van der Waals surface area contributed by atoms with Crippen molar-refractivity contribution in [3.63, 3.8) is 0 Å². The third-order valence-corrected chi connectivity index (χ3v) is 15.3. The maximum atomic E-state index is 6.85. The summed E-state index contributed by atoms with van der Waals surface area (Å²) >= 11 is 1.76. The van der Waals surface area contributed by atoms with Crippen molar-refractivity contribution in [3.8, 4) is 0 Å². The van der Waals surface area contributed by atoms with Crippen LogP contribution in [0.25, 0.3) is 0 Å². The Morgan fingerprint density at radius 3 is 1.78 bits per heavy atom. The van der Waals surface area contributed by atoms with E-state index in [1.807, 2.05) is 61.5 Å². The van der Waals surface area contributed by atoms with Crippen LogP contribution in [0.3, 0.4) is 0 Å². The van der Waals surface area contributed by atoms with Crippen molar-refractivity contribution in [2.75, 3.05) is 6.61 Å². The molecule has 5 rings (SSSR count). The molecule has 0 radical (unpaired) electrons. The Labute approximate surface area is 280 Å². The zero-order valence-electron chi connectivity index (χ0n) is 28.3. The quantitative estimate of drug-likeness (QED) is 0.170. The molecule has 3 aromatic carbocycles. The maximum Gasteiger partial charge on any atom is 0.214 e. The molecular formula is C38H50O6SSi. The van der Waals surface area contributed by atoms with E-state index < -0.39 is 26.8 Å². The van der Waals surface area contributed by atoms with Crippen molar-refractivity contribution in [3.05, 3.63) is 118 Å². The Morgan fingerprint density at radius 1 is 0.761 bits per heavy atom. The van der Waals surface area contributed by atoms with Crippen LogP contribution in [0.1, 0.15) is 51.3 Å². The van der Waals surface area contributed by atoms with Gasteiger partial charge in [0.15, 0.2) is 8.32 Å². The maximum absolute atomic E-state index is 6.85. The van der Waals surface area contributed by atoms with Gasteiger partial charge >= 0.3 is 0 Å². The Hall–Kier alpha value is -2.43. The molecule has 2 aliphatic heterocycles. The molecule has 46 heavy (non-hydrogen) atoms. The van der Waals surface area contributed by atoms with Gasteiger partial charge in [-0.2, -0.15) is 0 Å². The molecule has 0 N–H and O–H groups in total. The van der Waals surface area contributed by atoms with Crippen LogP contribution in [-0.4, -0.2) is 50.9 Å². The summed E-state index contributed by atoms with van der Waals surface area (Å²) in [7, 11) is -2.03. The fourth-order valence-electron chi connectivity index (χ4n) is 5.54. The van der Waals surface area contributed by atoms with Crippen molar-refractivity contribution >= 4 is 20.1 Å². The minimum Gasteiger partial charge on any atom is -0.467 e. The summed E-state index contributed by atoms with van der Waals surface area (Å²) in [6, 6.07) is 30.7. The Bertz CT molecular complexity index is 1390. The minimum atomic E-state index is -2.03. The lowest BCUT2D eigenvalue weighted by Crippen LogP contribution is -2.60. The van der Waals surface area contributed by atoms with Crippen LogP contribution >= 0.6 is 11.8 Å². The van der Waals surface area contributed by atoms with Crippen molar-refractivity contribution in [2.24, 2.45) is 0 Å². The van der Waals surface area contributed by atoms with Gasteiger partial charge in [0.25, 0.3) is 0 Å². The summed E-state index contributed by atoms with van der Waals surface area (Å²) in [4.78, 5) is 1.09. The Morgan fingerprint density at radius 2 is 1.26 bits per heavy atom. The minimum absolute atomic E-state index is 0.0943. The van der Waals surface area contributed by atoms with Crippen molar-refractivity contribution in [1.82, 2.24) is 0 Å². The predicted octanol–water partition coefficient (Wildman–Crippen LogP) is 8.87. The summed E-state index contributed by atoms with van der Waals surface area (Å²) in [5, 5.41) is -0.0732. The first-order valence-electron chi connectivity index (χ1n) is 16.3. The van der Waals surface area contributed by atoms with Crippen LogP contribution in [0.2, 0.25) is 18.1 Å². The normalized spacial score (nSPS) is 24.3. The van der Waals surface area contributed by atoms with E-state index >= 15 is 0 Å². The van der Waals surface area contributed by atoms with Gasteiger partial charge in [-0.05, 0) is 48.7 Å². The van der Waals surface area contributed by atoms with Gasteiger partial charge in [-0.15, -0.1) is 11.8 Å². The number of rotatable bonds is 13. The third kappa shape index (κ3) is 8.92. The second kappa shape index (κ2) is 15.6. The molecule has 0 aromatic heterocycles. The van der Waals surface area contributed by atoms with E-state index in [2.05, 4.69) is 77.2 Å². The van der Waals surface area contributed by atoms with Crippen LogP contribution in [0.4, 0.5) is 0 Å². The fraction of sp³-hybridized carbons (Fsp3) is 0.474. The van der Waals surface area contributed by atoms with Crippen LogP contribution < -0.4 is 0 Å². The number of hydrogen-bond acceptors (Lipinski definition) is 7. The molecule has 2 aliphatic rings. The number of fused-ring (bicyclic) bond motifs is 1. The van der Waals surface area contributed by atoms with Gasteiger partial charge in [0.2, 0.25) is 6.29 Å². The van der Waals surface area contributed by atoms with Crippen molar-refractivity contribution in [1.29, 1.82) is 0 Å². The van der Waals surface area contributed by atoms with Crippen LogP contribution in [0.15, 0.2) is 102 Å². The molecule has 1 unspecified atom stereocenters. The van der Waals surface area contributed by atoms with Gasteiger partial charge in [-0.25, -0.2) is 0 Å². The highest BCUT2D eigenvalue weighted by Gasteiger charge is 2.52. The van der Waals surface area contributed by atoms with Gasteiger partial charge < -0.3 is 28.1 Å². The van der Waals surface area contributed by atoms with E-state index in [0.717, 1.165) is 27.4 Å². The van der Waals surface area contributed by atoms with E-state index in [4.69, 9.17) is 28.1 Å². The average molecular weight is 663 g/mol. The number of ether oxygens (including phenoxy) is 5. The first-order chi connectivity index (χ1) is 22.0. The standard InChI is InChI=1S/C38H50O6SSi/c1-27-35(28(2)44-46(6,7)38(3,4)5)45-36-34(41-25-31-21-15-10-16-22-31)33(40-24-30-19-13-9-14-20-30)32(43-37(36)42-27)26-39-23-29-17-11-8-12-18-29/h8-22,28,32-34,36-37H,23-26H2,1-7H3/t28?,32-,33-,34+,36-,37+/m1/s1. The highest BCUT2D eigenvalue weighted by molar-refractivity contribution is 8.03. The van der Waals surface area contributed by atoms with Gasteiger partial charge in [0.05, 0.1) is 37.4 Å². The number of hydrogen-bond donors (Lipinski definition) is 0. The Kier molecular flexibility index (Phi) is 11.9. The molecule has 2 heterocycles. The van der Waals surface area contributed by atoms with Gasteiger partial charge in [-0.3, -0.25) is 0 Å². The highest BCUT2D eigenvalue weighted by Crippen LogP contribution is 2.47. The van der Waals surface area contributed by atoms with Gasteiger partial charge in [-0.1, -0.05) is 112 Å². The lowest BCUT2D eigenvalue weighted by Gasteiger charge is -2.48. The summed E-state index contributed by atoms with van der Waals surface area (Å²) in [5.41, 5.74) is 3.31. The molecule has 248 valence electrons. The molecule has 8 heteroatoms. The Balaban J connectivity index is 1.42. The first kappa shape index (κ1) is 34.9. The summed E-state index contributed by atoms with van der Waals surface area (Å²) in [6.45, 7) is 17.3. The van der Waals surface area contributed by atoms with Crippen molar-refractivity contribution in [2.45, 2.75) is 109 Å². The second-order valence-electron chi connectivity index (χ2n) is 13.7. The molecule has 1 fully saturated rings. The van der Waals surface area contributed by atoms with Crippen LogP contribution in [0.5, 0.6) is 0 Å². The molecule has 6 nitrogen and oxygen atoms in total. The first-order valence-corrected chi connectivity index (χ1v) is 20.1. The van der Waals surface area contributed by atoms with E-state index in [0.29, 0.717) is 26.4 Å². The van der Waals surface area contributed by atoms with Crippen LogP contribution in [0, 0.1) is 0 Å². The topological polar surface area (TPSA) is 55.4 Å². The molecule has 0 spiro atoms. The zero-order chi connectivity index (χ0) is 32.7. The number of thioether (sulfide) groups is 1. The van der Waals surface area contributed by atoms with E-state index in [-0.39, 0.29) is 22.5 Å². The SMILES string of the molecule is CC1=C(C(C)O[Si](C)(C)C(C)(C)C)S[C@H]2[C@@H](O1)O[C@H](COCc1ccccc1)[C@@H](OCc1ccccc1)[C@@H]2OCc1ccccc1. The number of allylic oxidation sites excluding steroid dienone is 1.